The van der Waals surface area contributed by atoms with E-state index in [9.17, 15) is 0 Å². The highest BCUT2D eigenvalue weighted by Gasteiger charge is 1.99. The first-order valence-corrected chi connectivity index (χ1v) is 7.07. The molecule has 2 aliphatic heterocycles. The summed E-state index contributed by atoms with van der Waals surface area (Å²) >= 11 is 0. The normalized spacial score (nSPS) is 11.5. The second-order valence-electron chi connectivity index (χ2n) is 5.33. The monoisotopic (exact) mass is 277 g/mol. The molecule has 0 saturated heterocycles. The van der Waals surface area contributed by atoms with Crippen LogP contribution in [0.25, 0.3) is 10.9 Å². The van der Waals surface area contributed by atoms with Crippen LogP contribution in [0.2, 0.25) is 0 Å². The van der Waals surface area contributed by atoms with Gasteiger partial charge in [-0.25, -0.2) is 0 Å². The van der Waals surface area contributed by atoms with Crippen LogP contribution >= 0.6 is 0 Å². The summed E-state index contributed by atoms with van der Waals surface area (Å²) in [5.74, 6) is 0. The van der Waals surface area contributed by atoms with Crippen molar-refractivity contribution in [2.24, 2.45) is 0 Å². The highest BCUT2D eigenvalue weighted by Crippen LogP contribution is 2.18. The molecule has 1 aromatic heterocycles. The smallest absolute Gasteiger partial charge is 0.0703 e. The Bertz CT molecular complexity index is 710. The van der Waals surface area contributed by atoms with E-state index in [0.717, 1.165) is 12.1 Å². The van der Waals surface area contributed by atoms with Crippen molar-refractivity contribution in [1.29, 1.82) is 0 Å². The van der Waals surface area contributed by atoms with Crippen LogP contribution in [-0.2, 0) is 6.54 Å². The van der Waals surface area contributed by atoms with Crippen molar-refractivity contribution in [3.05, 3.63) is 66.4 Å². The third-order valence-electron chi connectivity index (χ3n) is 3.55. The zero-order chi connectivity index (χ0) is 14.7. The molecule has 0 fully saturated rings. The first kappa shape index (κ1) is 13.4. The summed E-state index contributed by atoms with van der Waals surface area (Å²) in [7, 11) is 4.08. The fraction of sp³-hybridized carbons (Fsp3) is 0.167. The van der Waals surface area contributed by atoms with Crippen molar-refractivity contribution in [3.8, 4) is 0 Å². The maximum absolute atomic E-state index is 4.26. The van der Waals surface area contributed by atoms with E-state index in [1.807, 2.05) is 32.4 Å². The third-order valence-corrected chi connectivity index (χ3v) is 3.55. The first-order valence-electron chi connectivity index (χ1n) is 7.07. The molecule has 3 nitrogen and oxygen atoms in total. The van der Waals surface area contributed by atoms with Crippen LogP contribution in [0.15, 0.2) is 60.8 Å². The lowest BCUT2D eigenvalue weighted by molar-refractivity contribution is 1.11. The quantitative estimate of drug-likeness (QED) is 0.731. The van der Waals surface area contributed by atoms with Gasteiger partial charge >= 0.3 is 0 Å². The number of fused-ring (bicyclic) bond motifs is 4. The molecule has 2 bridgehead atoms. The van der Waals surface area contributed by atoms with Gasteiger partial charge in [0, 0.05) is 43.6 Å². The predicted molar refractivity (Wildman–Crippen MR) is 89.8 cm³/mol. The largest absolute Gasteiger partial charge is 0.381 e. The minimum absolute atomic E-state index is 1.02. The Kier molecular flexibility index (Phi) is 3.73. The van der Waals surface area contributed by atoms with Crippen LogP contribution in [0.1, 0.15) is 5.56 Å². The van der Waals surface area contributed by atoms with Gasteiger partial charge in [0.2, 0.25) is 0 Å². The maximum Gasteiger partial charge on any atom is 0.0703 e. The third kappa shape index (κ3) is 3.14. The van der Waals surface area contributed by atoms with Crippen LogP contribution in [0, 0.1) is 0 Å². The van der Waals surface area contributed by atoms with E-state index in [1.54, 1.807) is 0 Å². The summed E-state index contributed by atoms with van der Waals surface area (Å²) in [6.45, 7) is 1.02. The summed E-state index contributed by atoms with van der Waals surface area (Å²) in [5.41, 5.74) is 4.87. The van der Waals surface area contributed by atoms with Gasteiger partial charge in [-0.3, -0.25) is 4.98 Å². The number of rotatable bonds is 1. The number of pyridine rings is 1. The molecule has 1 N–H and O–H groups in total. The molecule has 2 aromatic carbocycles. The Hall–Kier alpha value is -2.55. The van der Waals surface area contributed by atoms with Crippen molar-refractivity contribution in [2.75, 3.05) is 24.3 Å². The number of nitrogens with one attached hydrogen (secondary N) is 1. The summed E-state index contributed by atoms with van der Waals surface area (Å²) in [4.78, 5) is 6.35. The molecule has 0 atom stereocenters. The van der Waals surface area contributed by atoms with Gasteiger partial charge in [-0.2, -0.15) is 0 Å². The molecule has 21 heavy (non-hydrogen) atoms. The van der Waals surface area contributed by atoms with Crippen LogP contribution < -0.4 is 10.2 Å². The number of anilines is 2. The molecule has 0 aliphatic carbocycles. The van der Waals surface area contributed by atoms with E-state index in [2.05, 4.69) is 57.7 Å². The van der Waals surface area contributed by atoms with Crippen LogP contribution in [0.4, 0.5) is 11.4 Å². The van der Waals surface area contributed by atoms with Gasteiger partial charge in [0.25, 0.3) is 0 Å². The minimum atomic E-state index is 1.02. The van der Waals surface area contributed by atoms with E-state index >= 15 is 0 Å². The fourth-order valence-corrected chi connectivity index (χ4v) is 2.29. The SMILES string of the molecule is CN(C)c1ccc2ncccc2c1.c1cc2ccc1CN2. The highest BCUT2D eigenvalue weighted by atomic mass is 15.1. The Labute approximate surface area is 125 Å². The molecule has 0 spiro atoms. The summed E-state index contributed by atoms with van der Waals surface area (Å²) in [5, 5.41) is 4.41. The van der Waals surface area contributed by atoms with Gasteiger partial charge in [-0.05, 0) is 42.0 Å². The molecule has 3 heterocycles. The second-order valence-corrected chi connectivity index (χ2v) is 5.33. The average Bonchev–Trinajstić information content (AvgIpc) is 2.57. The van der Waals surface area contributed by atoms with Gasteiger partial charge in [-0.1, -0.05) is 18.2 Å². The van der Waals surface area contributed by atoms with E-state index in [-0.39, 0.29) is 0 Å². The maximum atomic E-state index is 4.26. The lowest BCUT2D eigenvalue weighted by Gasteiger charge is -2.12. The highest BCUT2D eigenvalue weighted by molar-refractivity contribution is 5.82. The molecular formula is C18H19N3. The number of hydrogen-bond donors (Lipinski definition) is 1. The van der Waals surface area contributed by atoms with Crippen LogP contribution in [-0.4, -0.2) is 19.1 Å². The van der Waals surface area contributed by atoms with E-state index in [0.29, 0.717) is 0 Å². The molecule has 5 rings (SSSR count). The lowest BCUT2D eigenvalue weighted by Crippen LogP contribution is -2.08. The average molecular weight is 277 g/mol. The zero-order valence-corrected chi connectivity index (χ0v) is 12.4. The number of aromatic nitrogens is 1. The van der Waals surface area contributed by atoms with Crippen LogP contribution in [0.5, 0.6) is 0 Å². The molecule has 3 aromatic rings. The van der Waals surface area contributed by atoms with Gasteiger partial charge in [0.1, 0.15) is 0 Å². The van der Waals surface area contributed by atoms with Crippen molar-refractivity contribution < 1.29 is 0 Å². The molecule has 0 unspecified atom stereocenters. The van der Waals surface area contributed by atoms with Crippen molar-refractivity contribution in [3.63, 3.8) is 0 Å². The summed E-state index contributed by atoms with van der Waals surface area (Å²) in [6.07, 6.45) is 1.82. The topological polar surface area (TPSA) is 28.2 Å². The van der Waals surface area contributed by atoms with E-state index in [1.165, 1.54) is 22.3 Å². The molecule has 2 aliphatic rings. The molecule has 0 amide bonds. The van der Waals surface area contributed by atoms with Crippen molar-refractivity contribution in [1.82, 2.24) is 4.98 Å². The molecule has 106 valence electrons. The fourth-order valence-electron chi connectivity index (χ4n) is 2.29. The number of nitrogens with zero attached hydrogens (tertiary/aromatic N) is 2. The number of hydrogen-bond acceptors (Lipinski definition) is 3. The van der Waals surface area contributed by atoms with Gasteiger partial charge in [0.15, 0.2) is 0 Å². The minimum Gasteiger partial charge on any atom is -0.381 e. The predicted octanol–water partition coefficient (Wildman–Crippen LogP) is 3.91. The molecule has 0 saturated carbocycles. The van der Waals surface area contributed by atoms with E-state index < -0.39 is 0 Å². The lowest BCUT2D eigenvalue weighted by atomic mass is 10.1. The van der Waals surface area contributed by atoms with Gasteiger partial charge in [-0.15, -0.1) is 0 Å². The van der Waals surface area contributed by atoms with Gasteiger partial charge in [0.05, 0.1) is 5.52 Å². The second kappa shape index (κ2) is 5.83. The summed E-state index contributed by atoms with van der Waals surface area (Å²) < 4.78 is 0. The first-order chi connectivity index (χ1) is 10.2. The molecule has 3 heteroatoms. The van der Waals surface area contributed by atoms with Crippen LogP contribution in [0.3, 0.4) is 0 Å². The standard InChI is InChI=1S/C11H12N2.C7H7N/c1-13(2)10-5-6-11-9(8-10)4-3-7-12-11;1-3-7-4-2-6(1)5-8-7/h3-8H,1-2H3;1-4,8H,5H2. The van der Waals surface area contributed by atoms with E-state index in [4.69, 9.17) is 0 Å². The Morgan fingerprint density at radius 1 is 1.00 bits per heavy atom. The zero-order valence-electron chi connectivity index (χ0n) is 12.4. The van der Waals surface area contributed by atoms with Gasteiger partial charge < -0.3 is 10.2 Å². The van der Waals surface area contributed by atoms with Crippen molar-refractivity contribution >= 4 is 22.3 Å². The Balaban J connectivity index is 0.000000140. The summed E-state index contributed by atoms with van der Waals surface area (Å²) in [6, 6.07) is 18.8. The molecule has 0 radical (unpaired) electrons. The molecular weight excluding hydrogens is 258 g/mol. The number of benzene rings is 2. The Morgan fingerprint density at radius 3 is 2.33 bits per heavy atom. The Morgan fingerprint density at radius 2 is 1.81 bits per heavy atom. The van der Waals surface area contributed by atoms with Crippen molar-refractivity contribution in [2.45, 2.75) is 6.54 Å².